The number of nitrogens with zero attached hydrogens (tertiary/aromatic N) is 2. The normalized spacial score (nSPS) is 15.9. The Balaban J connectivity index is 1.09. The monoisotopic (exact) mass is 723 g/mol. The predicted octanol–water partition coefficient (Wildman–Crippen LogP) is 14.5. The van der Waals surface area contributed by atoms with E-state index in [1.54, 1.807) is 0 Å². The Morgan fingerprint density at radius 2 is 0.982 bits per heavy atom. The molecule has 1 aliphatic heterocycles. The molecular formula is C54H42N2. The minimum atomic E-state index is -0.396. The zero-order valence-electron chi connectivity index (χ0n) is 36.8. The molecule has 0 unspecified atom stereocenters. The zero-order chi connectivity index (χ0) is 42.1. The molecular weight excluding hydrogens is 677 g/mol. The number of para-hydroxylation sites is 2. The number of anilines is 3. The lowest BCUT2D eigenvalue weighted by Crippen LogP contribution is -2.30. The minimum Gasteiger partial charge on any atom is -0.310 e. The summed E-state index contributed by atoms with van der Waals surface area (Å²) in [5.41, 5.74) is 16.8. The average Bonchev–Trinajstić information content (AvgIpc) is 3.72. The van der Waals surface area contributed by atoms with Crippen LogP contribution in [-0.2, 0) is 10.8 Å². The Morgan fingerprint density at radius 1 is 0.411 bits per heavy atom. The summed E-state index contributed by atoms with van der Waals surface area (Å²) in [6, 6.07) is 52.7. The molecule has 268 valence electrons. The molecule has 0 amide bonds. The van der Waals surface area contributed by atoms with Gasteiger partial charge in [-0.25, -0.2) is 0 Å². The van der Waals surface area contributed by atoms with Crippen LogP contribution in [0.4, 0.5) is 17.1 Å². The molecule has 0 N–H and O–H groups in total. The van der Waals surface area contributed by atoms with Crippen LogP contribution >= 0.6 is 0 Å². The third-order valence-electron chi connectivity index (χ3n) is 12.5. The van der Waals surface area contributed by atoms with Crippen LogP contribution in [0, 0.1) is 0 Å². The number of fused-ring (bicyclic) bond motifs is 8. The molecule has 8 aromatic carbocycles. The van der Waals surface area contributed by atoms with Crippen LogP contribution in [0.25, 0.3) is 60.9 Å². The fraction of sp³-hybridized carbons (Fsp3) is 0.111. The van der Waals surface area contributed by atoms with E-state index >= 15 is 0 Å². The highest BCUT2D eigenvalue weighted by atomic mass is 15.2. The van der Waals surface area contributed by atoms with Gasteiger partial charge in [0, 0.05) is 33.0 Å². The van der Waals surface area contributed by atoms with Gasteiger partial charge in [-0.1, -0.05) is 143 Å². The Morgan fingerprint density at radius 3 is 1.73 bits per heavy atom. The van der Waals surface area contributed by atoms with Gasteiger partial charge in [-0.3, -0.25) is 0 Å². The molecule has 0 fully saturated rings. The first kappa shape index (κ1) is 27.9. The first-order valence-corrected chi connectivity index (χ1v) is 19.4. The quantitative estimate of drug-likeness (QED) is 0.176. The SMILES string of the molecule is [2H]c1c([2H])c([2H])c(-c2ccc3c(c2)c2cc(-c4ccc5c(c4)C(C)(C)c4ccccc4N5c4ccc5c(c4)C(C)(C)c4ccccc4-5)ccc2n3-c2ccccc2)c([2H])c1[2H]. The van der Waals surface area contributed by atoms with Gasteiger partial charge in [-0.2, -0.15) is 0 Å². The second kappa shape index (κ2) is 11.9. The van der Waals surface area contributed by atoms with Crippen LogP contribution in [0.1, 0.15) is 56.8 Å². The lowest BCUT2D eigenvalue weighted by molar-refractivity contribution is 0.632. The van der Waals surface area contributed by atoms with Crippen molar-refractivity contribution >= 4 is 38.9 Å². The van der Waals surface area contributed by atoms with Crippen molar-refractivity contribution in [1.82, 2.24) is 4.57 Å². The van der Waals surface area contributed by atoms with E-state index in [0.717, 1.165) is 50.0 Å². The molecule has 56 heavy (non-hydrogen) atoms. The van der Waals surface area contributed by atoms with Gasteiger partial charge in [-0.15, -0.1) is 0 Å². The van der Waals surface area contributed by atoms with Crippen molar-refractivity contribution in [1.29, 1.82) is 0 Å². The fourth-order valence-electron chi connectivity index (χ4n) is 9.60. The van der Waals surface area contributed by atoms with Gasteiger partial charge in [0.15, 0.2) is 0 Å². The second-order valence-electron chi connectivity index (χ2n) is 16.2. The molecule has 1 aliphatic carbocycles. The smallest absolute Gasteiger partial charge is 0.0629 e. The van der Waals surface area contributed by atoms with E-state index in [9.17, 15) is 0 Å². The van der Waals surface area contributed by atoms with E-state index in [1.165, 1.54) is 39.1 Å². The lowest BCUT2D eigenvalue weighted by atomic mass is 9.72. The van der Waals surface area contributed by atoms with Gasteiger partial charge in [0.05, 0.1) is 29.3 Å². The van der Waals surface area contributed by atoms with E-state index in [-0.39, 0.29) is 40.6 Å². The largest absolute Gasteiger partial charge is 0.310 e. The van der Waals surface area contributed by atoms with Crippen molar-refractivity contribution in [3.05, 3.63) is 204 Å². The summed E-state index contributed by atoms with van der Waals surface area (Å²) in [7, 11) is 0. The van der Waals surface area contributed by atoms with Gasteiger partial charge in [-0.05, 0) is 122 Å². The Labute approximate surface area is 336 Å². The average molecular weight is 724 g/mol. The highest BCUT2D eigenvalue weighted by Gasteiger charge is 2.39. The first-order valence-electron chi connectivity index (χ1n) is 21.9. The maximum atomic E-state index is 8.75. The Hall–Kier alpha value is -6.64. The van der Waals surface area contributed by atoms with Gasteiger partial charge >= 0.3 is 0 Å². The summed E-state index contributed by atoms with van der Waals surface area (Å²) < 4.78 is 44.7. The summed E-state index contributed by atoms with van der Waals surface area (Å²) in [6.07, 6.45) is 0. The van der Waals surface area contributed by atoms with Crippen molar-refractivity contribution in [2.45, 2.75) is 38.5 Å². The van der Waals surface area contributed by atoms with E-state index in [0.29, 0.717) is 5.56 Å². The van der Waals surface area contributed by atoms with Gasteiger partial charge < -0.3 is 9.47 Å². The van der Waals surface area contributed by atoms with Crippen LogP contribution < -0.4 is 4.90 Å². The molecule has 2 heterocycles. The van der Waals surface area contributed by atoms with Crippen LogP contribution in [0.2, 0.25) is 0 Å². The number of hydrogen-bond acceptors (Lipinski definition) is 1. The van der Waals surface area contributed by atoms with Crippen molar-refractivity contribution < 1.29 is 6.85 Å². The standard InChI is InChI=1S/C54H42N2/c1-53(2)45-20-12-11-19-41(45)42-27-26-40(34-47(42)53)56-51-22-14-13-21-46(51)54(3,4)48-33-38(25-30-52(48)56)37-24-29-50-44(32-37)43-31-36(35-15-7-5-8-16-35)23-28-49(43)55(50)39-17-9-6-10-18-39/h5-34H,1-4H3/i5D,7D,8D,15D,16D. The third kappa shape index (κ3) is 4.69. The highest BCUT2D eigenvalue weighted by molar-refractivity contribution is 6.11. The van der Waals surface area contributed by atoms with Crippen LogP contribution in [0.5, 0.6) is 0 Å². The van der Waals surface area contributed by atoms with E-state index in [1.807, 2.05) is 36.4 Å². The molecule has 2 aliphatic rings. The molecule has 0 saturated heterocycles. The van der Waals surface area contributed by atoms with Crippen LogP contribution in [-0.4, -0.2) is 4.57 Å². The van der Waals surface area contributed by atoms with Crippen LogP contribution in [0.3, 0.4) is 0 Å². The third-order valence-corrected chi connectivity index (χ3v) is 12.5. The molecule has 0 radical (unpaired) electrons. The summed E-state index contributed by atoms with van der Waals surface area (Å²) in [4.78, 5) is 2.44. The first-order chi connectivity index (χ1) is 29.4. The lowest BCUT2D eigenvalue weighted by Gasteiger charge is -2.42. The molecule has 0 saturated carbocycles. The maximum absolute atomic E-state index is 8.75. The second-order valence-corrected chi connectivity index (χ2v) is 16.2. The summed E-state index contributed by atoms with van der Waals surface area (Å²) in [6.45, 7) is 9.32. The summed E-state index contributed by atoms with van der Waals surface area (Å²) in [5.74, 6) is 0. The minimum absolute atomic E-state index is 0.124. The Bertz CT molecular complexity index is 3300. The van der Waals surface area contributed by atoms with Gasteiger partial charge in [0.2, 0.25) is 0 Å². The maximum Gasteiger partial charge on any atom is 0.0629 e. The molecule has 2 nitrogen and oxygen atoms in total. The molecule has 0 atom stereocenters. The number of rotatable bonds is 4. The number of aromatic nitrogens is 1. The van der Waals surface area contributed by atoms with E-state index in [4.69, 9.17) is 6.85 Å². The topological polar surface area (TPSA) is 8.17 Å². The van der Waals surface area contributed by atoms with Crippen molar-refractivity contribution in [3.63, 3.8) is 0 Å². The van der Waals surface area contributed by atoms with Crippen molar-refractivity contribution in [2.24, 2.45) is 0 Å². The molecule has 0 bridgehead atoms. The van der Waals surface area contributed by atoms with Crippen molar-refractivity contribution in [2.75, 3.05) is 4.90 Å². The number of hydrogen-bond donors (Lipinski definition) is 0. The van der Waals surface area contributed by atoms with Gasteiger partial charge in [0.1, 0.15) is 0 Å². The molecule has 1 aromatic heterocycles. The summed E-state index contributed by atoms with van der Waals surface area (Å²) in [5, 5.41) is 1.95. The fourth-order valence-corrected chi connectivity index (χ4v) is 9.60. The molecule has 11 rings (SSSR count). The zero-order valence-corrected chi connectivity index (χ0v) is 31.8. The predicted molar refractivity (Wildman–Crippen MR) is 236 cm³/mol. The highest BCUT2D eigenvalue weighted by Crippen LogP contribution is 2.55. The summed E-state index contributed by atoms with van der Waals surface area (Å²) >= 11 is 0. The van der Waals surface area contributed by atoms with Crippen molar-refractivity contribution in [3.8, 4) is 39.1 Å². The molecule has 2 heteroatoms. The number of benzene rings is 8. The molecule has 9 aromatic rings. The Kier molecular flexibility index (Phi) is 5.94. The van der Waals surface area contributed by atoms with E-state index < -0.39 is 6.04 Å². The van der Waals surface area contributed by atoms with E-state index in [2.05, 4.69) is 152 Å². The molecule has 0 spiro atoms. The van der Waals surface area contributed by atoms with Crippen LogP contribution in [0.15, 0.2) is 182 Å². The van der Waals surface area contributed by atoms with Gasteiger partial charge in [0.25, 0.3) is 0 Å².